The molecule has 0 fully saturated rings. The minimum Gasteiger partial charge on any atom is -0.493 e. The summed E-state index contributed by atoms with van der Waals surface area (Å²) < 4.78 is 16.0. The van der Waals surface area contributed by atoms with E-state index in [1.807, 2.05) is 32.0 Å². The molecule has 1 atom stereocenters. The van der Waals surface area contributed by atoms with Crippen molar-refractivity contribution in [2.45, 2.75) is 33.4 Å². The maximum Gasteiger partial charge on any atom is 0.165 e. The molecule has 0 aliphatic heterocycles. The zero-order chi connectivity index (χ0) is 15.4. The van der Waals surface area contributed by atoms with Crippen LogP contribution in [0, 0.1) is 13.8 Å². The molecule has 0 bridgehead atoms. The molecule has 1 unspecified atom stereocenters. The molecule has 1 aromatic heterocycles. The van der Waals surface area contributed by atoms with Gasteiger partial charge in [0.25, 0.3) is 0 Å². The van der Waals surface area contributed by atoms with Gasteiger partial charge in [-0.25, -0.2) is 0 Å². The average Bonchev–Trinajstić information content (AvgIpc) is 2.83. The van der Waals surface area contributed by atoms with Gasteiger partial charge in [-0.1, -0.05) is 17.3 Å². The molecule has 5 nitrogen and oxygen atoms in total. The third-order valence-corrected chi connectivity index (χ3v) is 3.60. The molecule has 0 saturated heterocycles. The summed E-state index contributed by atoms with van der Waals surface area (Å²) in [6.45, 7) is 6.65. The molecule has 0 aliphatic rings. The summed E-state index contributed by atoms with van der Waals surface area (Å²) in [6, 6.07) is 6.01. The highest BCUT2D eigenvalue weighted by molar-refractivity contribution is 5.46. The SMILES string of the molecule is COc1cccc(CNC(C)c2c(C)noc2C)c1OC. The highest BCUT2D eigenvalue weighted by atomic mass is 16.5. The first-order valence-electron chi connectivity index (χ1n) is 6.94. The van der Waals surface area contributed by atoms with Crippen molar-refractivity contribution in [3.8, 4) is 11.5 Å². The fourth-order valence-electron chi connectivity index (χ4n) is 2.57. The van der Waals surface area contributed by atoms with Gasteiger partial charge in [0, 0.05) is 23.7 Å². The number of benzene rings is 1. The van der Waals surface area contributed by atoms with E-state index in [1.165, 1.54) is 0 Å². The van der Waals surface area contributed by atoms with E-state index in [2.05, 4.69) is 17.4 Å². The summed E-state index contributed by atoms with van der Waals surface area (Å²) >= 11 is 0. The molecule has 0 saturated carbocycles. The second-order valence-corrected chi connectivity index (χ2v) is 4.99. The number of para-hydroxylation sites is 1. The van der Waals surface area contributed by atoms with Crippen molar-refractivity contribution in [3.05, 3.63) is 40.8 Å². The van der Waals surface area contributed by atoms with Crippen LogP contribution in [-0.2, 0) is 6.54 Å². The summed E-state index contributed by atoms with van der Waals surface area (Å²) in [5.41, 5.74) is 3.08. The first-order chi connectivity index (χ1) is 10.1. The lowest BCUT2D eigenvalue weighted by atomic mass is 10.1. The molecule has 0 amide bonds. The van der Waals surface area contributed by atoms with E-state index in [0.29, 0.717) is 6.54 Å². The van der Waals surface area contributed by atoms with E-state index in [9.17, 15) is 0 Å². The van der Waals surface area contributed by atoms with E-state index in [0.717, 1.165) is 34.1 Å². The van der Waals surface area contributed by atoms with Gasteiger partial charge in [-0.2, -0.15) is 0 Å². The van der Waals surface area contributed by atoms with Crippen LogP contribution in [0.2, 0.25) is 0 Å². The van der Waals surface area contributed by atoms with Crippen LogP contribution in [0.1, 0.15) is 35.5 Å². The van der Waals surface area contributed by atoms with Crippen LogP contribution in [0.25, 0.3) is 0 Å². The van der Waals surface area contributed by atoms with Crippen molar-refractivity contribution in [2.24, 2.45) is 0 Å². The normalized spacial score (nSPS) is 12.2. The Morgan fingerprint density at radius 1 is 1.24 bits per heavy atom. The average molecular weight is 290 g/mol. The molecule has 0 spiro atoms. The Bertz CT molecular complexity index is 588. The lowest BCUT2D eigenvalue weighted by Crippen LogP contribution is -2.19. The van der Waals surface area contributed by atoms with E-state index in [4.69, 9.17) is 14.0 Å². The van der Waals surface area contributed by atoms with Crippen LogP contribution in [0.3, 0.4) is 0 Å². The molecule has 1 N–H and O–H groups in total. The Hall–Kier alpha value is -2.01. The number of aryl methyl sites for hydroxylation is 2. The molecular weight excluding hydrogens is 268 g/mol. The summed E-state index contributed by atoms with van der Waals surface area (Å²) in [7, 11) is 3.29. The summed E-state index contributed by atoms with van der Waals surface area (Å²) in [5, 5.41) is 7.47. The Balaban J connectivity index is 2.13. The Morgan fingerprint density at radius 2 is 2.00 bits per heavy atom. The summed E-state index contributed by atoms with van der Waals surface area (Å²) in [4.78, 5) is 0. The Kier molecular flexibility index (Phi) is 4.85. The largest absolute Gasteiger partial charge is 0.493 e. The van der Waals surface area contributed by atoms with Crippen LogP contribution in [0.15, 0.2) is 22.7 Å². The standard InChI is InChI=1S/C16H22N2O3/c1-10(15-11(2)18-21-12(15)3)17-9-13-7-6-8-14(19-4)16(13)20-5/h6-8,10,17H,9H2,1-5H3. The van der Waals surface area contributed by atoms with Crippen LogP contribution in [0.4, 0.5) is 0 Å². The molecule has 2 rings (SSSR count). The molecule has 1 aromatic carbocycles. The van der Waals surface area contributed by atoms with Crippen LogP contribution in [-0.4, -0.2) is 19.4 Å². The molecule has 5 heteroatoms. The van der Waals surface area contributed by atoms with Gasteiger partial charge in [-0.15, -0.1) is 0 Å². The smallest absolute Gasteiger partial charge is 0.165 e. The second-order valence-electron chi connectivity index (χ2n) is 4.99. The van der Waals surface area contributed by atoms with E-state index in [-0.39, 0.29) is 6.04 Å². The molecule has 21 heavy (non-hydrogen) atoms. The van der Waals surface area contributed by atoms with Crippen LogP contribution < -0.4 is 14.8 Å². The summed E-state index contributed by atoms with van der Waals surface area (Å²) in [5.74, 6) is 2.35. The lowest BCUT2D eigenvalue weighted by molar-refractivity contribution is 0.350. The first-order valence-corrected chi connectivity index (χ1v) is 6.94. The first kappa shape index (κ1) is 15.4. The fraction of sp³-hybridized carbons (Fsp3) is 0.438. The Labute approximate surface area is 125 Å². The zero-order valence-corrected chi connectivity index (χ0v) is 13.2. The van der Waals surface area contributed by atoms with E-state index < -0.39 is 0 Å². The van der Waals surface area contributed by atoms with Gasteiger partial charge in [0.2, 0.25) is 0 Å². The predicted molar refractivity (Wildman–Crippen MR) is 80.8 cm³/mol. The highest BCUT2D eigenvalue weighted by Gasteiger charge is 2.17. The molecule has 0 aliphatic carbocycles. The minimum atomic E-state index is 0.146. The number of nitrogens with zero attached hydrogens (tertiary/aromatic N) is 1. The number of rotatable bonds is 6. The van der Waals surface area contributed by atoms with Crippen LogP contribution in [0.5, 0.6) is 11.5 Å². The molecule has 114 valence electrons. The van der Waals surface area contributed by atoms with E-state index >= 15 is 0 Å². The number of methoxy groups -OCH3 is 2. The summed E-state index contributed by atoms with van der Waals surface area (Å²) in [6.07, 6.45) is 0. The van der Waals surface area contributed by atoms with Crippen molar-refractivity contribution in [3.63, 3.8) is 0 Å². The quantitative estimate of drug-likeness (QED) is 0.885. The third-order valence-electron chi connectivity index (χ3n) is 3.60. The topological polar surface area (TPSA) is 56.5 Å². The second kappa shape index (κ2) is 6.63. The van der Waals surface area contributed by atoms with Gasteiger partial charge in [0.1, 0.15) is 5.76 Å². The lowest BCUT2D eigenvalue weighted by Gasteiger charge is -2.16. The van der Waals surface area contributed by atoms with Crippen molar-refractivity contribution in [1.82, 2.24) is 10.5 Å². The Morgan fingerprint density at radius 3 is 2.57 bits per heavy atom. The maximum atomic E-state index is 5.44. The number of hydrogen-bond acceptors (Lipinski definition) is 5. The van der Waals surface area contributed by atoms with Crippen molar-refractivity contribution in [2.75, 3.05) is 14.2 Å². The molecule has 0 radical (unpaired) electrons. The maximum absolute atomic E-state index is 5.44. The number of nitrogens with one attached hydrogen (secondary N) is 1. The number of ether oxygens (including phenoxy) is 2. The van der Waals surface area contributed by atoms with Gasteiger partial charge in [-0.3, -0.25) is 0 Å². The fourth-order valence-corrected chi connectivity index (χ4v) is 2.57. The van der Waals surface area contributed by atoms with Gasteiger partial charge >= 0.3 is 0 Å². The number of hydrogen-bond donors (Lipinski definition) is 1. The van der Waals surface area contributed by atoms with Crippen molar-refractivity contribution in [1.29, 1.82) is 0 Å². The predicted octanol–water partition coefficient (Wildman–Crippen LogP) is 3.16. The minimum absolute atomic E-state index is 0.146. The zero-order valence-electron chi connectivity index (χ0n) is 13.2. The molecule has 2 aromatic rings. The van der Waals surface area contributed by atoms with Crippen LogP contribution >= 0.6 is 0 Å². The number of aromatic nitrogens is 1. The third kappa shape index (κ3) is 3.19. The highest BCUT2D eigenvalue weighted by Crippen LogP contribution is 2.31. The van der Waals surface area contributed by atoms with Gasteiger partial charge in [0.15, 0.2) is 11.5 Å². The molecular formula is C16H22N2O3. The van der Waals surface area contributed by atoms with Gasteiger partial charge < -0.3 is 19.3 Å². The van der Waals surface area contributed by atoms with E-state index in [1.54, 1.807) is 14.2 Å². The van der Waals surface area contributed by atoms with Crippen molar-refractivity contribution >= 4 is 0 Å². The molecule has 1 heterocycles. The monoisotopic (exact) mass is 290 g/mol. The van der Waals surface area contributed by atoms with Gasteiger partial charge in [-0.05, 0) is 26.8 Å². The van der Waals surface area contributed by atoms with Crippen molar-refractivity contribution < 1.29 is 14.0 Å². The van der Waals surface area contributed by atoms with Gasteiger partial charge in [0.05, 0.1) is 19.9 Å².